The summed E-state index contributed by atoms with van der Waals surface area (Å²) < 4.78 is 5.61. The van der Waals surface area contributed by atoms with Crippen molar-refractivity contribution in [2.75, 3.05) is 11.9 Å². The van der Waals surface area contributed by atoms with Gasteiger partial charge in [-0.25, -0.2) is 4.98 Å². The highest BCUT2D eigenvalue weighted by Crippen LogP contribution is 2.26. The Labute approximate surface area is 168 Å². The molecule has 0 fully saturated rings. The Kier molecular flexibility index (Phi) is 6.14. The van der Waals surface area contributed by atoms with Crippen molar-refractivity contribution in [3.05, 3.63) is 64.0 Å². The van der Waals surface area contributed by atoms with Crippen LogP contribution in [0, 0.1) is 6.92 Å². The number of thiazole rings is 1. The topological polar surface area (TPSA) is 51.2 Å². The van der Waals surface area contributed by atoms with Gasteiger partial charge in [-0.15, -0.1) is 11.3 Å². The van der Waals surface area contributed by atoms with Gasteiger partial charge in [0.25, 0.3) is 5.91 Å². The van der Waals surface area contributed by atoms with E-state index in [1.165, 1.54) is 16.9 Å². The van der Waals surface area contributed by atoms with E-state index in [0.29, 0.717) is 21.8 Å². The van der Waals surface area contributed by atoms with Gasteiger partial charge in [0.15, 0.2) is 11.7 Å². The van der Waals surface area contributed by atoms with Crippen LogP contribution in [0.15, 0.2) is 47.8 Å². The fraction of sp³-hybridized carbons (Fsp3) is 0.238. The molecule has 1 aromatic heterocycles. The molecule has 0 radical (unpaired) electrons. The van der Waals surface area contributed by atoms with Gasteiger partial charge in [0.05, 0.1) is 5.69 Å². The summed E-state index contributed by atoms with van der Waals surface area (Å²) in [5.74, 6) is 0.910. The van der Waals surface area contributed by atoms with Crippen LogP contribution in [0.25, 0.3) is 11.3 Å². The van der Waals surface area contributed by atoms with Gasteiger partial charge >= 0.3 is 0 Å². The number of amides is 1. The fourth-order valence-corrected chi connectivity index (χ4v) is 3.64. The second-order valence-electron chi connectivity index (χ2n) is 6.55. The summed E-state index contributed by atoms with van der Waals surface area (Å²) in [6.45, 7) is 6.30. The van der Waals surface area contributed by atoms with Crippen LogP contribution >= 0.6 is 22.9 Å². The molecular weight excluding hydrogens is 380 g/mol. The molecular formula is C21H21ClN2O2S. The van der Waals surface area contributed by atoms with Crippen LogP contribution in [0.3, 0.4) is 0 Å². The van der Waals surface area contributed by atoms with E-state index in [1.807, 2.05) is 47.8 Å². The predicted octanol–water partition coefficient (Wildman–Crippen LogP) is 5.91. The Morgan fingerprint density at radius 1 is 1.22 bits per heavy atom. The summed E-state index contributed by atoms with van der Waals surface area (Å²) in [5, 5.41) is 5.89. The van der Waals surface area contributed by atoms with Gasteiger partial charge in [-0.2, -0.15) is 0 Å². The number of hydrogen-bond acceptors (Lipinski definition) is 4. The van der Waals surface area contributed by atoms with Crippen LogP contribution in [0.2, 0.25) is 5.02 Å². The van der Waals surface area contributed by atoms with Crippen molar-refractivity contribution in [2.24, 2.45) is 0 Å². The van der Waals surface area contributed by atoms with E-state index in [1.54, 1.807) is 0 Å². The summed E-state index contributed by atoms with van der Waals surface area (Å²) in [4.78, 5) is 16.6. The van der Waals surface area contributed by atoms with Crippen LogP contribution < -0.4 is 10.1 Å². The summed E-state index contributed by atoms with van der Waals surface area (Å²) in [6.07, 6.45) is 0. The molecule has 0 bridgehead atoms. The molecule has 2 aromatic carbocycles. The second kappa shape index (κ2) is 8.55. The Morgan fingerprint density at radius 2 is 1.96 bits per heavy atom. The van der Waals surface area contributed by atoms with Gasteiger partial charge in [-0.05, 0) is 48.2 Å². The summed E-state index contributed by atoms with van der Waals surface area (Å²) in [5.41, 5.74) is 4.20. The Hall–Kier alpha value is -2.37. The van der Waals surface area contributed by atoms with E-state index < -0.39 is 0 Å². The normalized spacial score (nSPS) is 10.9. The first kappa shape index (κ1) is 19.4. The Morgan fingerprint density at radius 3 is 2.63 bits per heavy atom. The largest absolute Gasteiger partial charge is 0.484 e. The summed E-state index contributed by atoms with van der Waals surface area (Å²) in [7, 11) is 0. The number of nitrogens with one attached hydrogen (secondary N) is 1. The molecule has 0 aliphatic heterocycles. The lowest BCUT2D eigenvalue weighted by atomic mass is 9.98. The Bertz CT molecular complexity index is 936. The summed E-state index contributed by atoms with van der Waals surface area (Å²) in [6, 6.07) is 13.3. The van der Waals surface area contributed by atoms with Gasteiger partial charge in [0.1, 0.15) is 5.75 Å². The van der Waals surface area contributed by atoms with E-state index in [4.69, 9.17) is 16.3 Å². The third-order valence-electron chi connectivity index (χ3n) is 4.12. The highest BCUT2D eigenvalue weighted by Gasteiger charge is 2.10. The van der Waals surface area contributed by atoms with Crippen molar-refractivity contribution in [3.63, 3.8) is 0 Å². The van der Waals surface area contributed by atoms with Gasteiger partial charge in [-0.3, -0.25) is 10.1 Å². The predicted molar refractivity (Wildman–Crippen MR) is 112 cm³/mol. The van der Waals surface area contributed by atoms with Crippen LogP contribution in [0.5, 0.6) is 5.75 Å². The van der Waals surface area contributed by atoms with E-state index in [-0.39, 0.29) is 12.5 Å². The minimum Gasteiger partial charge on any atom is -0.484 e. The summed E-state index contributed by atoms with van der Waals surface area (Å²) >= 11 is 7.28. The number of nitrogens with zero attached hydrogens (tertiary/aromatic N) is 1. The highest BCUT2D eigenvalue weighted by molar-refractivity contribution is 7.14. The molecule has 0 saturated carbocycles. The number of benzene rings is 2. The monoisotopic (exact) mass is 400 g/mol. The number of rotatable bonds is 6. The van der Waals surface area contributed by atoms with Crippen molar-refractivity contribution in [3.8, 4) is 17.0 Å². The molecule has 3 rings (SSSR count). The number of hydrogen-bond donors (Lipinski definition) is 1. The molecule has 1 N–H and O–H groups in total. The molecule has 3 aromatic rings. The van der Waals surface area contributed by atoms with Crippen LogP contribution in [0.4, 0.5) is 5.13 Å². The zero-order valence-electron chi connectivity index (χ0n) is 15.5. The minimum atomic E-state index is -0.238. The number of aryl methyl sites for hydroxylation is 1. The van der Waals surface area contributed by atoms with Crippen LogP contribution in [-0.2, 0) is 4.79 Å². The van der Waals surface area contributed by atoms with Crippen LogP contribution in [0.1, 0.15) is 30.9 Å². The Balaban J connectivity index is 1.57. The van der Waals surface area contributed by atoms with Crippen molar-refractivity contribution in [1.29, 1.82) is 0 Å². The van der Waals surface area contributed by atoms with Gasteiger partial charge in [0.2, 0.25) is 0 Å². The highest BCUT2D eigenvalue weighted by atomic mass is 35.5. The number of halogens is 1. The van der Waals surface area contributed by atoms with E-state index in [2.05, 4.69) is 31.1 Å². The number of carbonyl (C=O) groups is 1. The number of carbonyl (C=O) groups excluding carboxylic acids is 1. The second-order valence-corrected chi connectivity index (χ2v) is 7.85. The lowest BCUT2D eigenvalue weighted by Gasteiger charge is -2.12. The molecule has 0 aliphatic carbocycles. The molecule has 1 amide bonds. The number of aromatic nitrogens is 1. The van der Waals surface area contributed by atoms with Crippen molar-refractivity contribution < 1.29 is 9.53 Å². The minimum absolute atomic E-state index is 0.0592. The maximum atomic E-state index is 12.1. The lowest BCUT2D eigenvalue weighted by molar-refractivity contribution is -0.118. The maximum absolute atomic E-state index is 12.1. The van der Waals surface area contributed by atoms with E-state index in [9.17, 15) is 4.79 Å². The van der Waals surface area contributed by atoms with Gasteiger partial charge in [-0.1, -0.05) is 43.6 Å². The first-order chi connectivity index (χ1) is 12.9. The van der Waals surface area contributed by atoms with Crippen molar-refractivity contribution in [1.82, 2.24) is 4.98 Å². The van der Waals surface area contributed by atoms with Gasteiger partial charge in [0, 0.05) is 16.0 Å². The van der Waals surface area contributed by atoms with Gasteiger partial charge < -0.3 is 4.74 Å². The fourth-order valence-electron chi connectivity index (χ4n) is 2.77. The molecule has 140 valence electrons. The molecule has 6 heteroatoms. The molecule has 0 unspecified atom stereocenters. The van der Waals surface area contributed by atoms with Crippen molar-refractivity contribution >= 4 is 34.0 Å². The maximum Gasteiger partial charge on any atom is 0.264 e. The number of anilines is 1. The molecule has 0 atom stereocenters. The first-order valence-electron chi connectivity index (χ1n) is 8.67. The first-order valence-corrected chi connectivity index (χ1v) is 9.93. The molecule has 0 saturated heterocycles. The standard InChI is InChI=1S/C21H21ClN2O2S/c1-13(2)18-9-8-17(10-14(18)3)26-11-20(25)24-21-23-19(12-27-21)15-4-6-16(22)7-5-15/h4-10,12-13H,11H2,1-3H3,(H,23,24,25). The van der Waals surface area contributed by atoms with Crippen molar-refractivity contribution in [2.45, 2.75) is 26.7 Å². The lowest BCUT2D eigenvalue weighted by Crippen LogP contribution is -2.20. The van der Waals surface area contributed by atoms with E-state index >= 15 is 0 Å². The molecule has 0 spiro atoms. The molecule has 1 heterocycles. The SMILES string of the molecule is Cc1cc(OCC(=O)Nc2nc(-c3ccc(Cl)cc3)cs2)ccc1C(C)C. The average molecular weight is 401 g/mol. The molecule has 27 heavy (non-hydrogen) atoms. The smallest absolute Gasteiger partial charge is 0.264 e. The zero-order valence-corrected chi connectivity index (χ0v) is 17.0. The van der Waals surface area contributed by atoms with E-state index in [0.717, 1.165) is 16.8 Å². The molecule has 4 nitrogen and oxygen atoms in total. The third-order valence-corrected chi connectivity index (χ3v) is 5.13. The third kappa shape index (κ3) is 5.08. The quantitative estimate of drug-likeness (QED) is 0.559. The average Bonchev–Trinajstić information content (AvgIpc) is 3.08. The molecule has 0 aliphatic rings. The zero-order chi connectivity index (χ0) is 19.4. The number of ether oxygens (including phenoxy) is 1. The van der Waals surface area contributed by atoms with Crippen LogP contribution in [-0.4, -0.2) is 17.5 Å².